The predicted octanol–water partition coefficient (Wildman–Crippen LogP) is 5.00. The molecule has 29 heavy (non-hydrogen) atoms. The fourth-order valence-corrected chi connectivity index (χ4v) is 2.82. The monoisotopic (exact) mass is 393 g/mol. The van der Waals surface area contributed by atoms with Crippen molar-refractivity contribution in [2.75, 3.05) is 13.2 Å². The largest absolute Gasteiger partial charge is 0.490 e. The van der Waals surface area contributed by atoms with Gasteiger partial charge in [0.15, 0.2) is 0 Å². The molecule has 0 heterocycles. The number of carbonyl (C=O) groups is 1. The van der Waals surface area contributed by atoms with Gasteiger partial charge in [0.25, 0.3) is 0 Å². The number of carboxylic acids is 1. The zero-order valence-corrected chi connectivity index (χ0v) is 17.4. The van der Waals surface area contributed by atoms with Gasteiger partial charge < -0.3 is 14.6 Å². The lowest BCUT2D eigenvalue weighted by atomic mass is 9.85. The molecule has 0 unspecified atom stereocenters. The highest BCUT2D eigenvalue weighted by molar-refractivity contribution is 5.96. The molecule has 0 aliphatic rings. The first kappa shape index (κ1) is 22.0. The summed E-state index contributed by atoms with van der Waals surface area (Å²) in [5.41, 5.74) is 2.69. The van der Waals surface area contributed by atoms with Gasteiger partial charge in [-0.05, 0) is 52.8 Å². The van der Waals surface area contributed by atoms with Crippen LogP contribution in [0.15, 0.2) is 48.0 Å². The molecule has 1 N–H and O–H groups in total. The van der Waals surface area contributed by atoms with Crippen molar-refractivity contribution in [3.63, 3.8) is 0 Å². The summed E-state index contributed by atoms with van der Waals surface area (Å²) in [7, 11) is 0. The average molecular weight is 393 g/mol. The second-order valence-corrected chi connectivity index (χ2v) is 7.68. The van der Waals surface area contributed by atoms with Crippen LogP contribution in [0.4, 0.5) is 0 Å². The summed E-state index contributed by atoms with van der Waals surface area (Å²) in [4.78, 5) is 11.0. The molecule has 2 rings (SSSR count). The van der Waals surface area contributed by atoms with Crippen molar-refractivity contribution < 1.29 is 19.4 Å². The molecule has 2 aromatic rings. The number of aryl methyl sites for hydroxylation is 1. The van der Waals surface area contributed by atoms with E-state index in [1.54, 1.807) is 30.3 Å². The van der Waals surface area contributed by atoms with E-state index < -0.39 is 5.97 Å². The Labute approximate surface area is 172 Å². The standard InChI is InChI=1S/C24H27NO4/c1-5-17-9-10-22(21(15-17)24(2,3)4)29-12-11-28-20-8-6-7-18(14-20)13-19(16-25)23(26)27/h6-10,13-15H,5,11-12H2,1-4H3,(H,26,27). The van der Waals surface area contributed by atoms with Crippen molar-refractivity contribution in [1.82, 2.24) is 0 Å². The Balaban J connectivity index is 2.01. The Hall–Kier alpha value is -3.26. The average Bonchev–Trinajstić information content (AvgIpc) is 2.68. The van der Waals surface area contributed by atoms with Gasteiger partial charge in [-0.1, -0.05) is 52.0 Å². The summed E-state index contributed by atoms with van der Waals surface area (Å²) in [6, 6.07) is 14.9. The molecule has 0 aromatic heterocycles. The van der Waals surface area contributed by atoms with Crippen LogP contribution in [0.5, 0.6) is 11.5 Å². The predicted molar refractivity (Wildman–Crippen MR) is 113 cm³/mol. The molecule has 0 atom stereocenters. The number of ether oxygens (including phenoxy) is 2. The molecule has 0 radical (unpaired) electrons. The van der Waals surface area contributed by atoms with Crippen LogP contribution < -0.4 is 9.47 Å². The van der Waals surface area contributed by atoms with Crippen molar-refractivity contribution >= 4 is 12.0 Å². The fourth-order valence-electron chi connectivity index (χ4n) is 2.82. The first-order valence-corrected chi connectivity index (χ1v) is 9.58. The van der Waals surface area contributed by atoms with Gasteiger partial charge in [-0.3, -0.25) is 0 Å². The maximum Gasteiger partial charge on any atom is 0.346 e. The van der Waals surface area contributed by atoms with E-state index in [9.17, 15) is 4.79 Å². The van der Waals surface area contributed by atoms with E-state index in [2.05, 4.69) is 39.8 Å². The van der Waals surface area contributed by atoms with Gasteiger partial charge in [0.2, 0.25) is 0 Å². The Morgan fingerprint density at radius 1 is 1.14 bits per heavy atom. The topological polar surface area (TPSA) is 79.5 Å². The molecule has 0 spiro atoms. The van der Waals surface area contributed by atoms with Crippen molar-refractivity contribution in [2.24, 2.45) is 0 Å². The Kier molecular flexibility index (Phi) is 7.44. The van der Waals surface area contributed by atoms with Crippen LogP contribution in [-0.4, -0.2) is 24.3 Å². The van der Waals surface area contributed by atoms with Gasteiger partial charge in [-0.2, -0.15) is 5.26 Å². The first-order chi connectivity index (χ1) is 13.7. The van der Waals surface area contributed by atoms with Crippen molar-refractivity contribution in [3.05, 3.63) is 64.7 Å². The summed E-state index contributed by atoms with van der Waals surface area (Å²) < 4.78 is 11.7. The molecular weight excluding hydrogens is 366 g/mol. The van der Waals surface area contributed by atoms with Crippen molar-refractivity contribution in [2.45, 2.75) is 39.5 Å². The molecule has 0 saturated carbocycles. The van der Waals surface area contributed by atoms with Crippen LogP contribution in [0.3, 0.4) is 0 Å². The van der Waals surface area contributed by atoms with Crippen LogP contribution in [0, 0.1) is 11.3 Å². The number of carboxylic acid groups (broad SMARTS) is 1. The normalized spacial score (nSPS) is 11.6. The van der Waals surface area contributed by atoms with Gasteiger partial charge in [-0.15, -0.1) is 0 Å². The van der Waals surface area contributed by atoms with E-state index in [0.29, 0.717) is 24.5 Å². The van der Waals surface area contributed by atoms with Gasteiger partial charge in [0.05, 0.1) is 0 Å². The number of hydrogen-bond donors (Lipinski definition) is 1. The van der Waals surface area contributed by atoms with Gasteiger partial charge >= 0.3 is 5.97 Å². The van der Waals surface area contributed by atoms with Crippen LogP contribution in [0.25, 0.3) is 6.08 Å². The smallest absolute Gasteiger partial charge is 0.346 e. The highest BCUT2D eigenvalue weighted by Gasteiger charge is 2.19. The second-order valence-electron chi connectivity index (χ2n) is 7.68. The lowest BCUT2D eigenvalue weighted by Crippen LogP contribution is -2.16. The highest BCUT2D eigenvalue weighted by Crippen LogP contribution is 2.32. The zero-order chi connectivity index (χ0) is 21.4. The number of hydrogen-bond acceptors (Lipinski definition) is 4. The SMILES string of the molecule is CCc1ccc(OCCOc2cccc(C=C(C#N)C(=O)O)c2)c(C(C)(C)C)c1. The lowest BCUT2D eigenvalue weighted by molar-refractivity contribution is -0.132. The summed E-state index contributed by atoms with van der Waals surface area (Å²) in [6.07, 6.45) is 2.29. The Morgan fingerprint density at radius 3 is 2.48 bits per heavy atom. The summed E-state index contributed by atoms with van der Waals surface area (Å²) >= 11 is 0. The third kappa shape index (κ3) is 6.39. The highest BCUT2D eigenvalue weighted by atomic mass is 16.5. The summed E-state index contributed by atoms with van der Waals surface area (Å²) in [5.74, 6) is 0.188. The summed E-state index contributed by atoms with van der Waals surface area (Å²) in [6.45, 7) is 9.35. The quantitative estimate of drug-likeness (QED) is 0.388. The Morgan fingerprint density at radius 2 is 1.86 bits per heavy atom. The van der Waals surface area contributed by atoms with Crippen molar-refractivity contribution in [3.8, 4) is 17.6 Å². The number of aliphatic carboxylic acids is 1. The molecular formula is C24H27NO4. The first-order valence-electron chi connectivity index (χ1n) is 9.58. The molecule has 0 saturated heterocycles. The van der Waals surface area contributed by atoms with E-state index in [0.717, 1.165) is 12.2 Å². The van der Waals surface area contributed by atoms with E-state index in [1.807, 2.05) is 6.07 Å². The maximum atomic E-state index is 11.0. The maximum absolute atomic E-state index is 11.0. The van der Waals surface area contributed by atoms with Gasteiger partial charge in [0, 0.05) is 0 Å². The van der Waals surface area contributed by atoms with E-state index >= 15 is 0 Å². The third-order valence-corrected chi connectivity index (χ3v) is 4.39. The lowest BCUT2D eigenvalue weighted by Gasteiger charge is -2.23. The third-order valence-electron chi connectivity index (χ3n) is 4.39. The van der Waals surface area contributed by atoms with E-state index in [-0.39, 0.29) is 11.0 Å². The van der Waals surface area contributed by atoms with Crippen LogP contribution in [-0.2, 0) is 16.6 Å². The molecule has 152 valence electrons. The van der Waals surface area contributed by atoms with Crippen LogP contribution in [0.2, 0.25) is 0 Å². The van der Waals surface area contributed by atoms with E-state index in [1.165, 1.54) is 17.2 Å². The molecule has 0 bridgehead atoms. The minimum Gasteiger partial charge on any atom is -0.490 e. The fraction of sp³-hybridized carbons (Fsp3) is 0.333. The molecule has 5 heteroatoms. The van der Waals surface area contributed by atoms with Crippen LogP contribution >= 0.6 is 0 Å². The number of benzene rings is 2. The molecule has 0 fully saturated rings. The Bertz CT molecular complexity index is 933. The van der Waals surface area contributed by atoms with Gasteiger partial charge in [-0.25, -0.2) is 4.79 Å². The molecule has 2 aromatic carbocycles. The summed E-state index contributed by atoms with van der Waals surface area (Å²) in [5, 5.41) is 17.8. The minimum absolute atomic E-state index is 0.0232. The van der Waals surface area contributed by atoms with Gasteiger partial charge in [0.1, 0.15) is 36.4 Å². The van der Waals surface area contributed by atoms with Crippen LogP contribution in [0.1, 0.15) is 44.4 Å². The number of nitrogens with zero attached hydrogens (tertiary/aromatic N) is 1. The minimum atomic E-state index is -1.25. The van der Waals surface area contributed by atoms with Crippen molar-refractivity contribution in [1.29, 1.82) is 5.26 Å². The molecule has 5 nitrogen and oxygen atoms in total. The number of rotatable bonds is 8. The molecule has 0 aliphatic carbocycles. The molecule has 0 amide bonds. The zero-order valence-electron chi connectivity index (χ0n) is 17.4. The molecule has 0 aliphatic heterocycles. The van der Waals surface area contributed by atoms with E-state index in [4.69, 9.17) is 19.8 Å². The second kappa shape index (κ2) is 9.79. The number of nitriles is 1.